The minimum absolute atomic E-state index is 0. The fourth-order valence-corrected chi connectivity index (χ4v) is 2.70. The Morgan fingerprint density at radius 3 is 2.58 bits per heavy atom. The van der Waals surface area contributed by atoms with Gasteiger partial charge in [-0.3, -0.25) is 0 Å². The molecule has 1 heterocycles. The van der Waals surface area contributed by atoms with Crippen LogP contribution in [0.5, 0.6) is 0 Å². The molecule has 0 radical (unpaired) electrons. The molecule has 0 spiro atoms. The van der Waals surface area contributed by atoms with E-state index in [1.807, 2.05) is 0 Å². The van der Waals surface area contributed by atoms with Crippen LogP contribution in [0.1, 0.15) is 17.4 Å². The van der Waals surface area contributed by atoms with Crippen molar-refractivity contribution in [2.45, 2.75) is 18.9 Å². The number of esters is 1. The molecule has 1 unspecified atom stereocenters. The molecule has 0 bridgehead atoms. The number of thiophene rings is 1. The van der Waals surface area contributed by atoms with Gasteiger partial charge in [-0.15, -0.1) is 11.3 Å². The molecule has 1 aromatic rings. The first-order valence-electron chi connectivity index (χ1n) is 5.14. The molecule has 19 heavy (non-hydrogen) atoms. The van der Waals surface area contributed by atoms with Crippen LogP contribution in [0.15, 0.2) is 23.6 Å². The first-order valence-corrected chi connectivity index (χ1v) is 6.02. The summed E-state index contributed by atoms with van der Waals surface area (Å²) in [5.41, 5.74) is 5.37. The summed E-state index contributed by atoms with van der Waals surface area (Å²) < 4.78 is 4.68. The smallest absolute Gasteiger partial charge is 0.550 e. The van der Waals surface area contributed by atoms with E-state index in [0.29, 0.717) is 16.0 Å². The maximum absolute atomic E-state index is 11.8. The Balaban J connectivity index is 0.00000324. The third-order valence-electron chi connectivity index (χ3n) is 2.62. The largest absolute Gasteiger partial charge is 1.00 e. The molecule has 0 saturated heterocycles. The van der Waals surface area contributed by atoms with Crippen LogP contribution in [0.4, 0.5) is 0 Å². The van der Waals surface area contributed by atoms with Crippen LogP contribution >= 0.6 is 11.3 Å². The van der Waals surface area contributed by atoms with E-state index in [9.17, 15) is 14.7 Å². The van der Waals surface area contributed by atoms with Crippen molar-refractivity contribution in [3.63, 3.8) is 0 Å². The molecule has 0 fully saturated rings. The van der Waals surface area contributed by atoms with Crippen molar-refractivity contribution in [1.82, 2.24) is 0 Å². The van der Waals surface area contributed by atoms with E-state index in [1.165, 1.54) is 18.4 Å². The van der Waals surface area contributed by atoms with E-state index in [4.69, 9.17) is 5.73 Å². The fourth-order valence-electron chi connectivity index (χ4n) is 1.60. The van der Waals surface area contributed by atoms with Gasteiger partial charge in [0.2, 0.25) is 0 Å². The Kier molecular flexibility index (Phi) is 6.96. The summed E-state index contributed by atoms with van der Waals surface area (Å²) in [6.45, 7) is 5.29. The van der Waals surface area contributed by atoms with Gasteiger partial charge >= 0.3 is 35.5 Å². The Labute approximate surface area is 137 Å². The number of hydrogen-bond acceptors (Lipinski definition) is 6. The van der Waals surface area contributed by atoms with E-state index in [0.717, 1.165) is 0 Å². The third kappa shape index (κ3) is 3.67. The normalized spacial score (nSPS) is 13.0. The number of carbonyl (C=O) groups is 2. The van der Waals surface area contributed by atoms with Gasteiger partial charge in [-0.05, 0) is 29.5 Å². The monoisotopic (exact) mass is 291 g/mol. The number of methoxy groups -OCH3 is 1. The molecule has 98 valence electrons. The predicted octanol–water partition coefficient (Wildman–Crippen LogP) is -3.05. The summed E-state index contributed by atoms with van der Waals surface area (Å²) in [6.07, 6.45) is -0.304. The topological polar surface area (TPSA) is 92.5 Å². The van der Waals surface area contributed by atoms with Gasteiger partial charge in [0.15, 0.2) is 5.54 Å². The number of aliphatic carboxylic acids is 1. The molecule has 0 aliphatic heterocycles. The third-order valence-corrected chi connectivity index (χ3v) is 3.71. The second kappa shape index (κ2) is 7.21. The zero-order valence-corrected chi connectivity index (χ0v) is 14.0. The number of carboxylic acids is 1. The molecule has 1 atom stereocenters. The zero-order chi connectivity index (χ0) is 13.9. The Hall–Kier alpha value is -0.660. The number of hydrogen-bond donors (Lipinski definition) is 1. The molecule has 1 rings (SSSR count). The van der Waals surface area contributed by atoms with Gasteiger partial charge in [0.05, 0.1) is 7.11 Å². The summed E-state index contributed by atoms with van der Waals surface area (Å²) >= 11 is 1.19. The summed E-state index contributed by atoms with van der Waals surface area (Å²) in [4.78, 5) is 22.9. The quantitative estimate of drug-likeness (QED) is 0.353. The van der Waals surface area contributed by atoms with Crippen molar-refractivity contribution in [2.24, 2.45) is 5.73 Å². The van der Waals surface area contributed by atoms with Crippen LogP contribution in [0.2, 0.25) is 0 Å². The van der Waals surface area contributed by atoms with E-state index < -0.39 is 17.5 Å². The molecular formula is C12H14NNaO4S. The average Bonchev–Trinajstić information content (AvgIpc) is 2.74. The number of ether oxygens (including phenoxy) is 1. The van der Waals surface area contributed by atoms with Crippen molar-refractivity contribution in [2.75, 3.05) is 7.11 Å². The van der Waals surface area contributed by atoms with E-state index in [1.54, 1.807) is 18.4 Å². The van der Waals surface area contributed by atoms with Crippen molar-refractivity contribution in [3.05, 3.63) is 34.0 Å². The molecule has 0 aliphatic carbocycles. The van der Waals surface area contributed by atoms with Crippen molar-refractivity contribution in [3.8, 4) is 0 Å². The van der Waals surface area contributed by atoms with Gasteiger partial charge in [0, 0.05) is 17.3 Å². The van der Waals surface area contributed by atoms with Crippen LogP contribution in [0, 0.1) is 0 Å². The summed E-state index contributed by atoms with van der Waals surface area (Å²) in [6, 6.07) is 1.60. The maximum Gasteiger partial charge on any atom is 1.00 e. The molecule has 5 nitrogen and oxygen atoms in total. The van der Waals surface area contributed by atoms with E-state index in [2.05, 4.69) is 11.3 Å². The summed E-state index contributed by atoms with van der Waals surface area (Å²) in [5.74, 6) is -1.90. The minimum Gasteiger partial charge on any atom is -0.550 e. The fraction of sp³-hybridized carbons (Fsp3) is 0.333. The molecular weight excluding hydrogens is 277 g/mol. The van der Waals surface area contributed by atoms with Gasteiger partial charge in [-0.25, -0.2) is 4.79 Å². The number of nitrogens with two attached hydrogens (primary N) is 1. The van der Waals surface area contributed by atoms with Crippen LogP contribution in [-0.2, 0) is 26.3 Å². The van der Waals surface area contributed by atoms with Crippen molar-refractivity contribution in [1.29, 1.82) is 0 Å². The van der Waals surface area contributed by atoms with Gasteiger partial charge in [0.25, 0.3) is 0 Å². The first-order chi connectivity index (χ1) is 8.33. The zero-order valence-electron chi connectivity index (χ0n) is 11.2. The Morgan fingerprint density at radius 2 is 2.16 bits per heavy atom. The van der Waals surface area contributed by atoms with Gasteiger partial charge in [0.1, 0.15) is 0 Å². The molecule has 7 heteroatoms. The van der Waals surface area contributed by atoms with Gasteiger partial charge < -0.3 is 20.4 Å². The minimum atomic E-state index is -1.52. The molecule has 2 N–H and O–H groups in total. The van der Waals surface area contributed by atoms with Crippen molar-refractivity contribution < 1.29 is 49.0 Å². The van der Waals surface area contributed by atoms with E-state index >= 15 is 0 Å². The number of carbonyl (C=O) groups excluding carboxylic acids is 2. The van der Waals surface area contributed by atoms with Crippen LogP contribution in [-0.4, -0.2) is 19.0 Å². The standard InChI is InChI=1S/C12H15NO4S.Na/c1-7(2)12(13,11(16)17-3)10-8(4-5-18-10)6-9(14)15;/h4-5H,1,6,13H2,2-3H3,(H,14,15);/q;+1/p-1. The van der Waals surface area contributed by atoms with Gasteiger partial charge in [-0.2, -0.15) is 0 Å². The Bertz CT molecular complexity index is 500. The second-order valence-electron chi connectivity index (χ2n) is 3.90. The molecule has 0 aromatic carbocycles. The molecule has 0 amide bonds. The molecule has 0 saturated carbocycles. The van der Waals surface area contributed by atoms with Crippen LogP contribution in [0.25, 0.3) is 0 Å². The van der Waals surface area contributed by atoms with Gasteiger partial charge in [-0.1, -0.05) is 6.58 Å². The predicted molar refractivity (Wildman–Crippen MR) is 65.7 cm³/mol. The maximum atomic E-state index is 11.8. The van der Waals surface area contributed by atoms with Crippen molar-refractivity contribution >= 4 is 23.3 Å². The van der Waals surface area contributed by atoms with Crippen LogP contribution in [0.3, 0.4) is 0 Å². The summed E-state index contributed by atoms with van der Waals surface area (Å²) in [7, 11) is 1.22. The summed E-state index contributed by atoms with van der Waals surface area (Å²) in [5, 5.41) is 12.3. The van der Waals surface area contributed by atoms with E-state index in [-0.39, 0.29) is 36.0 Å². The van der Waals surface area contributed by atoms with Crippen LogP contribution < -0.4 is 40.4 Å². The first kappa shape index (κ1) is 18.3. The average molecular weight is 291 g/mol. The number of rotatable bonds is 5. The number of carboxylic acid groups (broad SMARTS) is 1. The second-order valence-corrected chi connectivity index (χ2v) is 4.82. The SMILES string of the molecule is C=C(C)C(N)(C(=O)OC)c1sccc1CC(=O)[O-].[Na+]. The molecule has 0 aliphatic rings. The Morgan fingerprint density at radius 1 is 1.58 bits per heavy atom. The molecule has 1 aromatic heterocycles.